The molecule has 2 aromatic carbocycles. The Kier molecular flexibility index (Phi) is 6.57. The number of hydrogen-bond donors (Lipinski definition) is 1. The zero-order valence-electron chi connectivity index (χ0n) is 16.1. The molecule has 2 aromatic rings. The maximum Gasteiger partial charge on any atom is 0.331 e. The first-order valence-electron chi connectivity index (χ1n) is 8.86. The first kappa shape index (κ1) is 20.1. The van der Waals surface area contributed by atoms with Crippen LogP contribution in [-0.2, 0) is 14.3 Å². The van der Waals surface area contributed by atoms with E-state index in [1.54, 1.807) is 36.4 Å². The van der Waals surface area contributed by atoms with Gasteiger partial charge < -0.3 is 29.0 Å². The van der Waals surface area contributed by atoms with Crippen molar-refractivity contribution in [1.82, 2.24) is 0 Å². The Balaban J connectivity index is 1.53. The summed E-state index contributed by atoms with van der Waals surface area (Å²) in [6.45, 7) is 0.517. The van der Waals surface area contributed by atoms with E-state index in [1.165, 1.54) is 26.4 Å². The molecular formula is C21H21NO7. The van der Waals surface area contributed by atoms with Gasteiger partial charge in [0.15, 0.2) is 29.6 Å². The lowest BCUT2D eigenvalue weighted by molar-refractivity contribution is -0.142. The second-order valence-electron chi connectivity index (χ2n) is 5.93. The van der Waals surface area contributed by atoms with Crippen LogP contribution in [0.4, 0.5) is 5.69 Å². The molecule has 0 unspecified atom stereocenters. The molecule has 1 aliphatic rings. The number of hydrogen-bond acceptors (Lipinski definition) is 7. The highest BCUT2D eigenvalue weighted by Gasteiger charge is 2.13. The molecule has 1 amide bonds. The number of ether oxygens (including phenoxy) is 5. The van der Waals surface area contributed by atoms with Crippen molar-refractivity contribution in [2.24, 2.45) is 0 Å². The third kappa shape index (κ3) is 5.19. The number of amides is 1. The molecule has 0 saturated carbocycles. The SMILES string of the molecule is COc1cccc(/C=C/C(=O)OCC(=O)Nc2ccc3c(c2)OCCO3)c1OC. The highest BCUT2D eigenvalue weighted by Crippen LogP contribution is 2.33. The van der Waals surface area contributed by atoms with Gasteiger partial charge in [0.2, 0.25) is 0 Å². The summed E-state index contributed by atoms with van der Waals surface area (Å²) in [6, 6.07) is 10.3. The number of benzene rings is 2. The van der Waals surface area contributed by atoms with Gasteiger partial charge in [0.05, 0.1) is 14.2 Å². The molecule has 29 heavy (non-hydrogen) atoms. The maximum absolute atomic E-state index is 12.0. The van der Waals surface area contributed by atoms with Crippen molar-refractivity contribution in [2.45, 2.75) is 0 Å². The van der Waals surface area contributed by atoms with Gasteiger partial charge in [-0.3, -0.25) is 4.79 Å². The van der Waals surface area contributed by atoms with Crippen molar-refractivity contribution < 1.29 is 33.3 Å². The molecule has 0 aliphatic carbocycles. The highest BCUT2D eigenvalue weighted by atomic mass is 16.6. The molecule has 0 atom stereocenters. The van der Waals surface area contributed by atoms with Crippen molar-refractivity contribution in [3.8, 4) is 23.0 Å². The van der Waals surface area contributed by atoms with E-state index in [2.05, 4.69) is 5.32 Å². The van der Waals surface area contributed by atoms with Crippen molar-refractivity contribution in [2.75, 3.05) is 39.4 Å². The molecule has 0 aromatic heterocycles. The van der Waals surface area contributed by atoms with Crippen LogP contribution in [0.1, 0.15) is 5.56 Å². The van der Waals surface area contributed by atoms with Crippen LogP contribution in [0.2, 0.25) is 0 Å². The van der Waals surface area contributed by atoms with Gasteiger partial charge in [-0.1, -0.05) is 12.1 Å². The van der Waals surface area contributed by atoms with E-state index < -0.39 is 18.5 Å². The molecule has 0 fully saturated rings. The first-order valence-corrected chi connectivity index (χ1v) is 8.86. The average molecular weight is 399 g/mol. The van der Waals surface area contributed by atoms with E-state index in [0.717, 1.165) is 0 Å². The molecule has 1 N–H and O–H groups in total. The number of carbonyl (C=O) groups is 2. The van der Waals surface area contributed by atoms with Crippen molar-refractivity contribution in [1.29, 1.82) is 0 Å². The normalized spacial score (nSPS) is 12.3. The standard InChI is InChI=1S/C21H21NO7/c1-25-17-5-3-4-14(21(17)26-2)6-9-20(24)29-13-19(23)22-15-7-8-16-18(12-15)28-11-10-27-16/h3-9,12H,10-11,13H2,1-2H3,(H,22,23)/b9-6+. The molecule has 1 aliphatic heterocycles. The minimum Gasteiger partial charge on any atom is -0.493 e. The number of anilines is 1. The quantitative estimate of drug-likeness (QED) is 0.565. The number of rotatable bonds is 7. The molecule has 0 spiro atoms. The van der Waals surface area contributed by atoms with Crippen LogP contribution in [0.15, 0.2) is 42.5 Å². The Morgan fingerprint density at radius 2 is 1.86 bits per heavy atom. The van der Waals surface area contributed by atoms with Gasteiger partial charge in [0.25, 0.3) is 5.91 Å². The monoisotopic (exact) mass is 399 g/mol. The molecule has 0 saturated heterocycles. The number of carbonyl (C=O) groups excluding carboxylic acids is 2. The van der Waals surface area contributed by atoms with E-state index in [4.69, 9.17) is 23.7 Å². The Morgan fingerprint density at radius 1 is 1.07 bits per heavy atom. The van der Waals surface area contributed by atoms with Crippen LogP contribution in [0.5, 0.6) is 23.0 Å². The molecule has 1 heterocycles. The van der Waals surface area contributed by atoms with Gasteiger partial charge in [-0.25, -0.2) is 4.79 Å². The topological polar surface area (TPSA) is 92.3 Å². The number of nitrogens with one attached hydrogen (secondary N) is 1. The molecule has 0 bridgehead atoms. The van der Waals surface area contributed by atoms with E-state index in [-0.39, 0.29) is 0 Å². The molecule has 8 heteroatoms. The molecule has 0 radical (unpaired) electrons. The van der Waals surface area contributed by atoms with E-state index in [9.17, 15) is 9.59 Å². The zero-order valence-corrected chi connectivity index (χ0v) is 16.1. The Labute approximate surface area is 168 Å². The Hall–Kier alpha value is -3.68. The van der Waals surface area contributed by atoms with Gasteiger partial charge >= 0.3 is 5.97 Å². The molecule has 3 rings (SSSR count). The summed E-state index contributed by atoms with van der Waals surface area (Å²) < 4.78 is 26.4. The van der Waals surface area contributed by atoms with Gasteiger partial charge in [0, 0.05) is 23.4 Å². The number of esters is 1. The molecule has 8 nitrogen and oxygen atoms in total. The second-order valence-corrected chi connectivity index (χ2v) is 5.93. The van der Waals surface area contributed by atoms with Crippen LogP contribution in [0.3, 0.4) is 0 Å². The minimum atomic E-state index is -0.660. The largest absolute Gasteiger partial charge is 0.493 e. The average Bonchev–Trinajstić information content (AvgIpc) is 2.75. The van der Waals surface area contributed by atoms with Crippen LogP contribution in [0.25, 0.3) is 6.08 Å². The highest BCUT2D eigenvalue weighted by molar-refractivity contribution is 5.95. The lowest BCUT2D eigenvalue weighted by Crippen LogP contribution is -2.20. The van der Waals surface area contributed by atoms with Gasteiger partial charge in [0.1, 0.15) is 13.2 Å². The molecular weight excluding hydrogens is 378 g/mol. The number of methoxy groups -OCH3 is 2. The summed E-state index contributed by atoms with van der Waals surface area (Å²) in [5, 5.41) is 2.64. The van der Waals surface area contributed by atoms with Crippen molar-refractivity contribution >= 4 is 23.6 Å². The summed E-state index contributed by atoms with van der Waals surface area (Å²) in [5.74, 6) is 1.09. The number of fused-ring (bicyclic) bond motifs is 1. The molecule has 152 valence electrons. The summed E-state index contributed by atoms with van der Waals surface area (Å²) in [5.41, 5.74) is 1.16. The van der Waals surface area contributed by atoms with Crippen molar-refractivity contribution in [3.63, 3.8) is 0 Å². The summed E-state index contributed by atoms with van der Waals surface area (Å²) in [4.78, 5) is 23.9. The summed E-state index contributed by atoms with van der Waals surface area (Å²) in [7, 11) is 3.04. The van der Waals surface area contributed by atoms with Gasteiger partial charge in [-0.2, -0.15) is 0 Å². The Bertz CT molecular complexity index is 923. The fraction of sp³-hybridized carbons (Fsp3) is 0.238. The lowest BCUT2D eigenvalue weighted by Gasteiger charge is -2.18. The fourth-order valence-electron chi connectivity index (χ4n) is 2.70. The third-order valence-electron chi connectivity index (χ3n) is 4.00. The van der Waals surface area contributed by atoms with Crippen LogP contribution in [-0.4, -0.2) is 45.9 Å². The predicted molar refractivity (Wildman–Crippen MR) is 106 cm³/mol. The van der Waals surface area contributed by atoms with Gasteiger partial charge in [-0.05, 0) is 24.3 Å². The zero-order chi connectivity index (χ0) is 20.6. The maximum atomic E-state index is 12.0. The van der Waals surface area contributed by atoms with Crippen LogP contribution in [0, 0.1) is 0 Å². The van der Waals surface area contributed by atoms with Gasteiger partial charge in [-0.15, -0.1) is 0 Å². The third-order valence-corrected chi connectivity index (χ3v) is 4.00. The fourth-order valence-corrected chi connectivity index (χ4v) is 2.70. The first-order chi connectivity index (χ1) is 14.1. The summed E-state index contributed by atoms with van der Waals surface area (Å²) >= 11 is 0. The lowest BCUT2D eigenvalue weighted by atomic mass is 10.1. The predicted octanol–water partition coefficient (Wildman–Crippen LogP) is 2.67. The number of para-hydroxylation sites is 1. The Morgan fingerprint density at radius 3 is 2.62 bits per heavy atom. The van der Waals surface area contributed by atoms with E-state index >= 15 is 0 Å². The van der Waals surface area contributed by atoms with E-state index in [1.807, 2.05) is 0 Å². The summed E-state index contributed by atoms with van der Waals surface area (Å²) in [6.07, 6.45) is 2.75. The second kappa shape index (κ2) is 9.50. The minimum absolute atomic E-state index is 0.424. The van der Waals surface area contributed by atoms with E-state index in [0.29, 0.717) is 47.5 Å². The van der Waals surface area contributed by atoms with Crippen LogP contribution >= 0.6 is 0 Å². The smallest absolute Gasteiger partial charge is 0.331 e. The van der Waals surface area contributed by atoms with Crippen LogP contribution < -0.4 is 24.3 Å². The van der Waals surface area contributed by atoms with Crippen molar-refractivity contribution in [3.05, 3.63) is 48.0 Å².